The molecule has 0 saturated carbocycles. The van der Waals surface area contributed by atoms with E-state index < -0.39 is 5.97 Å². The van der Waals surface area contributed by atoms with E-state index in [-0.39, 0.29) is 17.0 Å². The van der Waals surface area contributed by atoms with Gasteiger partial charge < -0.3 is 9.52 Å². The van der Waals surface area contributed by atoms with Crippen molar-refractivity contribution in [1.29, 1.82) is 0 Å². The molecule has 0 unspecified atom stereocenters. The van der Waals surface area contributed by atoms with Gasteiger partial charge in [-0.2, -0.15) is 4.68 Å². The van der Waals surface area contributed by atoms with E-state index in [0.717, 1.165) is 0 Å². The van der Waals surface area contributed by atoms with Gasteiger partial charge >= 0.3 is 5.97 Å². The van der Waals surface area contributed by atoms with Crippen LogP contribution in [0.25, 0.3) is 28.1 Å². The van der Waals surface area contributed by atoms with Crippen molar-refractivity contribution in [3.8, 4) is 17.1 Å². The highest BCUT2D eigenvalue weighted by atomic mass is 35.5. The first-order chi connectivity index (χ1) is 11.5. The van der Waals surface area contributed by atoms with Gasteiger partial charge in [0.2, 0.25) is 5.89 Å². The fourth-order valence-corrected chi connectivity index (χ4v) is 2.68. The largest absolute Gasteiger partial charge is 0.478 e. The van der Waals surface area contributed by atoms with Gasteiger partial charge in [0.25, 0.3) is 5.56 Å². The number of carboxylic acids is 1. The smallest absolute Gasteiger partial charge is 0.335 e. The van der Waals surface area contributed by atoms with Crippen LogP contribution in [0.2, 0.25) is 5.02 Å². The third-order valence-electron chi connectivity index (χ3n) is 3.68. The molecule has 0 saturated heterocycles. The lowest BCUT2D eigenvalue weighted by atomic mass is 10.2. The van der Waals surface area contributed by atoms with Crippen molar-refractivity contribution in [3.05, 3.63) is 69.5 Å². The maximum Gasteiger partial charge on any atom is 0.335 e. The number of halogens is 1. The van der Waals surface area contributed by atoms with Gasteiger partial charge in [-0.25, -0.2) is 4.79 Å². The van der Waals surface area contributed by atoms with Gasteiger partial charge in [-0.3, -0.25) is 4.79 Å². The first-order valence-corrected chi connectivity index (χ1v) is 7.36. The fraction of sp³-hybridized carbons (Fsp3) is 0. The summed E-state index contributed by atoms with van der Waals surface area (Å²) >= 11 is 5.96. The van der Waals surface area contributed by atoms with E-state index >= 15 is 0 Å². The van der Waals surface area contributed by atoms with Crippen molar-refractivity contribution in [3.63, 3.8) is 0 Å². The molecule has 24 heavy (non-hydrogen) atoms. The van der Waals surface area contributed by atoms with Crippen molar-refractivity contribution >= 4 is 28.5 Å². The number of rotatable bonds is 2. The van der Waals surface area contributed by atoms with Crippen LogP contribution in [0.15, 0.2) is 57.7 Å². The molecule has 6 nitrogen and oxygen atoms in total. The number of nitrogens with zero attached hydrogens (tertiary/aromatic N) is 2. The van der Waals surface area contributed by atoms with Crippen LogP contribution < -0.4 is 5.56 Å². The van der Waals surface area contributed by atoms with Gasteiger partial charge in [0.1, 0.15) is 11.1 Å². The molecule has 1 N–H and O–H groups in total. The lowest BCUT2D eigenvalue weighted by molar-refractivity contribution is 0.0697. The van der Waals surface area contributed by atoms with E-state index in [1.807, 2.05) is 0 Å². The highest BCUT2D eigenvalue weighted by Crippen LogP contribution is 2.27. The standard InChI is InChI=1S/C17H9ClN2O4/c18-11-3-6-14-10(7-11)8-13-15(24-14)19-20(16(13)21)12-4-1-9(2-5-12)17(22)23/h1-8H,(H,22,23). The van der Waals surface area contributed by atoms with Crippen LogP contribution in [0, 0.1) is 0 Å². The van der Waals surface area contributed by atoms with Crippen LogP contribution >= 0.6 is 11.6 Å². The zero-order valence-corrected chi connectivity index (χ0v) is 12.8. The van der Waals surface area contributed by atoms with E-state index in [9.17, 15) is 9.59 Å². The number of aromatic carboxylic acids is 1. The lowest BCUT2D eigenvalue weighted by Gasteiger charge is -2.00. The summed E-state index contributed by atoms with van der Waals surface area (Å²) in [5.74, 6) is -0.829. The van der Waals surface area contributed by atoms with E-state index in [0.29, 0.717) is 27.2 Å². The summed E-state index contributed by atoms with van der Waals surface area (Å²) in [6.07, 6.45) is 0. The summed E-state index contributed by atoms with van der Waals surface area (Å²) in [6, 6.07) is 12.7. The first-order valence-electron chi connectivity index (χ1n) is 6.99. The molecule has 0 fully saturated rings. The fourth-order valence-electron chi connectivity index (χ4n) is 2.50. The molecule has 2 aromatic rings. The first kappa shape index (κ1) is 14.5. The molecule has 0 spiro atoms. The minimum atomic E-state index is -1.03. The maximum atomic E-state index is 12.6. The third kappa shape index (κ3) is 2.24. The normalized spacial score (nSPS) is 11.2. The van der Waals surface area contributed by atoms with E-state index in [2.05, 4.69) is 5.10 Å². The highest BCUT2D eigenvalue weighted by molar-refractivity contribution is 6.31. The number of fused-ring (bicyclic) bond motifs is 2. The lowest BCUT2D eigenvalue weighted by Crippen LogP contribution is -2.14. The monoisotopic (exact) mass is 340 g/mol. The maximum absolute atomic E-state index is 12.6. The third-order valence-corrected chi connectivity index (χ3v) is 3.92. The van der Waals surface area contributed by atoms with Crippen LogP contribution in [-0.2, 0) is 0 Å². The topological polar surface area (TPSA) is 85.3 Å². The molecule has 2 aromatic carbocycles. The summed E-state index contributed by atoms with van der Waals surface area (Å²) in [5.41, 5.74) is 1.13. The molecule has 7 heteroatoms. The molecule has 0 aromatic heterocycles. The molecule has 0 amide bonds. The Hall–Kier alpha value is -3.12. The molecular formula is C17H9ClN2O4. The summed E-state index contributed by atoms with van der Waals surface area (Å²) in [6.45, 7) is 0. The zero-order chi connectivity index (χ0) is 16.8. The number of benzene rings is 2. The van der Waals surface area contributed by atoms with Crippen LogP contribution in [0.4, 0.5) is 0 Å². The van der Waals surface area contributed by atoms with Crippen LogP contribution in [0.3, 0.4) is 0 Å². The molecule has 0 bridgehead atoms. The van der Waals surface area contributed by atoms with Crippen LogP contribution in [0.1, 0.15) is 10.4 Å². The summed E-state index contributed by atoms with van der Waals surface area (Å²) in [5, 5.41) is 14.4. The minimum absolute atomic E-state index is 0.132. The molecule has 2 aliphatic heterocycles. The number of aromatic nitrogens is 2. The van der Waals surface area contributed by atoms with Crippen molar-refractivity contribution < 1.29 is 14.3 Å². The number of carboxylic acid groups (broad SMARTS) is 1. The van der Waals surface area contributed by atoms with Crippen molar-refractivity contribution in [1.82, 2.24) is 9.78 Å². The predicted octanol–water partition coefficient (Wildman–Crippen LogP) is 3.44. The van der Waals surface area contributed by atoms with E-state index in [1.54, 1.807) is 24.3 Å². The molecule has 2 heterocycles. The Morgan fingerprint density at radius 2 is 1.88 bits per heavy atom. The Bertz CT molecular complexity index is 1110. The Morgan fingerprint density at radius 1 is 1.12 bits per heavy atom. The van der Waals surface area contributed by atoms with E-state index in [1.165, 1.54) is 28.9 Å². The summed E-state index contributed by atoms with van der Waals surface area (Å²) < 4.78 is 6.84. The Kier molecular flexibility index (Phi) is 3.14. The second kappa shape index (κ2) is 5.21. The minimum Gasteiger partial charge on any atom is -0.478 e. The second-order valence-corrected chi connectivity index (χ2v) is 5.65. The number of carbonyl (C=O) groups is 1. The van der Waals surface area contributed by atoms with Gasteiger partial charge in [-0.05, 0) is 48.5 Å². The molecule has 4 rings (SSSR count). The zero-order valence-electron chi connectivity index (χ0n) is 12.1. The van der Waals surface area contributed by atoms with Gasteiger partial charge in [-0.15, -0.1) is 5.10 Å². The summed E-state index contributed by atoms with van der Waals surface area (Å²) in [7, 11) is 0. The predicted molar refractivity (Wildman–Crippen MR) is 88.2 cm³/mol. The second-order valence-electron chi connectivity index (χ2n) is 5.22. The van der Waals surface area contributed by atoms with E-state index in [4.69, 9.17) is 21.1 Å². The Morgan fingerprint density at radius 3 is 2.58 bits per heavy atom. The quantitative estimate of drug-likeness (QED) is 0.604. The highest BCUT2D eigenvalue weighted by Gasteiger charge is 2.19. The van der Waals surface area contributed by atoms with Crippen molar-refractivity contribution in [2.75, 3.05) is 0 Å². The average Bonchev–Trinajstić information content (AvgIpc) is 2.89. The Labute approximate surface area is 139 Å². The van der Waals surface area contributed by atoms with Crippen LogP contribution in [0.5, 0.6) is 0 Å². The van der Waals surface area contributed by atoms with Gasteiger partial charge in [-0.1, -0.05) is 11.6 Å². The van der Waals surface area contributed by atoms with Gasteiger partial charge in [0.05, 0.1) is 11.3 Å². The number of hydrogen-bond acceptors (Lipinski definition) is 4. The van der Waals surface area contributed by atoms with Gasteiger partial charge in [0.15, 0.2) is 0 Å². The SMILES string of the molecule is O=C(O)c1ccc(-n2nc3oc4ccc(Cl)cc4cc-3c2=O)cc1. The molecule has 2 aliphatic rings. The van der Waals surface area contributed by atoms with Crippen molar-refractivity contribution in [2.24, 2.45) is 0 Å². The molecule has 0 radical (unpaired) electrons. The Balaban J connectivity index is 1.92. The number of hydrogen-bond donors (Lipinski definition) is 1. The average molecular weight is 341 g/mol. The molecule has 0 aliphatic carbocycles. The summed E-state index contributed by atoms with van der Waals surface area (Å²) in [4.78, 5) is 23.5. The van der Waals surface area contributed by atoms with Crippen LogP contribution in [-0.4, -0.2) is 20.9 Å². The molecule has 118 valence electrons. The van der Waals surface area contributed by atoms with Crippen molar-refractivity contribution in [2.45, 2.75) is 0 Å². The van der Waals surface area contributed by atoms with Gasteiger partial charge in [0, 0.05) is 10.4 Å². The molecule has 0 atom stereocenters. The molecular weight excluding hydrogens is 332 g/mol.